The number of hydrogen-bond donors (Lipinski definition) is 2. The number of rotatable bonds is 10. The quantitative estimate of drug-likeness (QED) is 0.491. The maximum atomic E-state index is 14.4. The predicted molar refractivity (Wildman–Crippen MR) is 118 cm³/mol. The number of alkyl halides is 3. The van der Waals surface area contributed by atoms with Crippen molar-refractivity contribution in [3.05, 3.63) is 65.0 Å². The molecule has 1 aromatic carbocycles. The number of amides is 2. The molecule has 0 spiro atoms. The highest BCUT2D eigenvalue weighted by Gasteiger charge is 2.67. The number of nitrogens with zero attached hydrogens (tertiary/aromatic N) is 2. The maximum absolute atomic E-state index is 14.4. The van der Waals surface area contributed by atoms with Gasteiger partial charge in [-0.1, -0.05) is 6.07 Å². The smallest absolute Gasteiger partial charge is 0.366 e. The highest BCUT2D eigenvalue weighted by atomic mass is 19.4. The van der Waals surface area contributed by atoms with E-state index in [2.05, 4.69) is 10.3 Å². The van der Waals surface area contributed by atoms with E-state index in [1.54, 1.807) is 25.1 Å². The number of primary amides is 1. The first-order chi connectivity index (χ1) is 16.4. The molecule has 2 unspecified atom stereocenters. The molecule has 1 aliphatic rings. The normalized spacial score (nSPS) is 16.6. The topological polar surface area (TPSA) is 88.3 Å². The molecule has 3 rings (SSSR count). The van der Waals surface area contributed by atoms with Gasteiger partial charge in [0.1, 0.15) is 11.6 Å². The van der Waals surface area contributed by atoms with E-state index in [1.165, 1.54) is 24.4 Å². The first-order valence-electron chi connectivity index (χ1n) is 11.0. The number of aromatic nitrogens is 1. The minimum absolute atomic E-state index is 0.0651. The molecule has 1 aromatic heterocycles. The molecule has 2 atom stereocenters. The Bertz CT molecular complexity index is 1090. The molecule has 3 N–H and O–H groups in total. The molecule has 0 saturated heterocycles. The van der Waals surface area contributed by atoms with E-state index >= 15 is 0 Å². The van der Waals surface area contributed by atoms with Crippen LogP contribution in [-0.2, 0) is 11.2 Å². The molecule has 1 heterocycles. The van der Waals surface area contributed by atoms with Gasteiger partial charge in [0.15, 0.2) is 0 Å². The fourth-order valence-corrected chi connectivity index (χ4v) is 4.32. The number of carbonyl (C=O) groups excluding carboxylic acids is 2. The van der Waals surface area contributed by atoms with Crippen LogP contribution in [0.2, 0.25) is 0 Å². The van der Waals surface area contributed by atoms with Crippen molar-refractivity contribution < 1.29 is 31.5 Å². The molecular formula is C24H27F5N4O2. The van der Waals surface area contributed by atoms with E-state index in [0.29, 0.717) is 5.56 Å². The van der Waals surface area contributed by atoms with Gasteiger partial charge < -0.3 is 16.0 Å². The van der Waals surface area contributed by atoms with Gasteiger partial charge in [0, 0.05) is 31.1 Å². The molecule has 2 aromatic rings. The van der Waals surface area contributed by atoms with Gasteiger partial charge in [0.2, 0.25) is 5.91 Å². The monoisotopic (exact) mass is 498 g/mol. The van der Waals surface area contributed by atoms with Crippen molar-refractivity contribution in [1.29, 1.82) is 0 Å². The number of nitrogens with one attached hydrogen (secondary N) is 1. The standard InChI is InChI=1S/C24H27F5N4O2/c1-33(2)15(9-14-3-4-17(22(30)35)19(25)10-14)12-32-21(34)11-18(16-5-8-31-13-20(16)26)23(6-7-23)24(27,28)29/h3-5,8,10,13,15,18H,6-7,9,11-12H2,1-2H3,(H2,30,35)(H,32,34). The minimum Gasteiger partial charge on any atom is -0.366 e. The third-order valence-electron chi connectivity index (χ3n) is 6.62. The minimum atomic E-state index is -4.58. The van der Waals surface area contributed by atoms with Gasteiger partial charge in [-0.2, -0.15) is 13.2 Å². The molecule has 1 aliphatic carbocycles. The van der Waals surface area contributed by atoms with Crippen molar-refractivity contribution in [2.75, 3.05) is 20.6 Å². The summed E-state index contributed by atoms with van der Waals surface area (Å²) in [5.41, 5.74) is 3.10. The van der Waals surface area contributed by atoms with Crippen LogP contribution < -0.4 is 11.1 Å². The Hall–Kier alpha value is -3.08. The number of halogens is 5. The van der Waals surface area contributed by atoms with E-state index in [1.807, 2.05) is 0 Å². The van der Waals surface area contributed by atoms with E-state index in [9.17, 15) is 31.5 Å². The lowest BCUT2D eigenvalue weighted by Gasteiger charge is -2.30. The summed E-state index contributed by atoms with van der Waals surface area (Å²) >= 11 is 0. The summed E-state index contributed by atoms with van der Waals surface area (Å²) in [6, 6.07) is 4.86. The van der Waals surface area contributed by atoms with Crippen LogP contribution in [0.15, 0.2) is 36.7 Å². The molecule has 1 saturated carbocycles. The Balaban J connectivity index is 1.72. The lowest BCUT2D eigenvalue weighted by Crippen LogP contribution is -2.43. The average molecular weight is 498 g/mol. The molecule has 6 nitrogen and oxygen atoms in total. The third kappa shape index (κ3) is 5.95. The number of hydrogen-bond acceptors (Lipinski definition) is 4. The fourth-order valence-electron chi connectivity index (χ4n) is 4.32. The van der Waals surface area contributed by atoms with E-state index in [4.69, 9.17) is 5.73 Å². The van der Waals surface area contributed by atoms with E-state index in [-0.39, 0.29) is 43.0 Å². The van der Waals surface area contributed by atoms with Gasteiger partial charge in [0.05, 0.1) is 17.2 Å². The zero-order chi connectivity index (χ0) is 26.0. The zero-order valence-electron chi connectivity index (χ0n) is 19.3. The van der Waals surface area contributed by atoms with Crippen molar-refractivity contribution in [3.63, 3.8) is 0 Å². The van der Waals surface area contributed by atoms with Crippen molar-refractivity contribution >= 4 is 11.8 Å². The Kier molecular flexibility index (Phi) is 7.78. The maximum Gasteiger partial charge on any atom is 0.395 e. The van der Waals surface area contributed by atoms with Crippen molar-refractivity contribution in [2.24, 2.45) is 11.1 Å². The third-order valence-corrected chi connectivity index (χ3v) is 6.62. The molecular weight excluding hydrogens is 471 g/mol. The molecule has 11 heteroatoms. The number of carbonyl (C=O) groups is 2. The van der Waals surface area contributed by atoms with Crippen LogP contribution in [0.5, 0.6) is 0 Å². The second kappa shape index (κ2) is 10.3. The van der Waals surface area contributed by atoms with Crippen LogP contribution in [-0.4, -0.2) is 54.6 Å². The van der Waals surface area contributed by atoms with Gasteiger partial charge in [-0.05, 0) is 62.7 Å². The Labute approximate surface area is 199 Å². The summed E-state index contributed by atoms with van der Waals surface area (Å²) in [4.78, 5) is 29.3. The molecule has 0 bridgehead atoms. The Morgan fingerprint density at radius 1 is 1.17 bits per heavy atom. The van der Waals surface area contributed by atoms with Crippen molar-refractivity contribution in [2.45, 2.75) is 43.8 Å². The van der Waals surface area contributed by atoms with Crippen LogP contribution in [0.1, 0.15) is 46.7 Å². The van der Waals surface area contributed by atoms with Gasteiger partial charge in [-0.25, -0.2) is 8.78 Å². The number of pyridine rings is 1. The molecule has 35 heavy (non-hydrogen) atoms. The van der Waals surface area contributed by atoms with Crippen molar-refractivity contribution in [3.8, 4) is 0 Å². The van der Waals surface area contributed by atoms with Gasteiger partial charge >= 0.3 is 6.18 Å². The van der Waals surface area contributed by atoms with Crippen LogP contribution in [0.3, 0.4) is 0 Å². The summed E-state index contributed by atoms with van der Waals surface area (Å²) < 4.78 is 70.0. The molecule has 0 aliphatic heterocycles. The summed E-state index contributed by atoms with van der Waals surface area (Å²) in [6.45, 7) is 0.0651. The molecule has 190 valence electrons. The number of benzene rings is 1. The first kappa shape index (κ1) is 26.5. The van der Waals surface area contributed by atoms with Crippen LogP contribution in [0.4, 0.5) is 22.0 Å². The second-order valence-electron chi connectivity index (χ2n) is 9.11. The van der Waals surface area contributed by atoms with E-state index in [0.717, 1.165) is 6.20 Å². The summed E-state index contributed by atoms with van der Waals surface area (Å²) in [5, 5.41) is 2.65. The fraction of sp³-hybridized carbons (Fsp3) is 0.458. The molecule has 2 amide bonds. The average Bonchev–Trinajstić information content (AvgIpc) is 3.57. The highest BCUT2D eigenvalue weighted by Crippen LogP contribution is 2.66. The van der Waals surface area contributed by atoms with Gasteiger partial charge in [0.25, 0.3) is 5.91 Å². The summed E-state index contributed by atoms with van der Waals surface area (Å²) in [5.74, 6) is -4.56. The Morgan fingerprint density at radius 2 is 1.86 bits per heavy atom. The molecule has 0 radical (unpaired) electrons. The van der Waals surface area contributed by atoms with Gasteiger partial charge in [-0.3, -0.25) is 14.6 Å². The van der Waals surface area contributed by atoms with Gasteiger partial charge in [-0.15, -0.1) is 0 Å². The lowest BCUT2D eigenvalue weighted by molar-refractivity contribution is -0.195. The largest absolute Gasteiger partial charge is 0.395 e. The van der Waals surface area contributed by atoms with Crippen LogP contribution in [0.25, 0.3) is 0 Å². The molecule has 1 fully saturated rings. The number of likely N-dealkylation sites (N-methyl/N-ethyl adjacent to an activating group) is 1. The second-order valence-corrected chi connectivity index (χ2v) is 9.11. The highest BCUT2D eigenvalue weighted by molar-refractivity contribution is 5.93. The number of nitrogens with two attached hydrogens (primary N) is 1. The predicted octanol–water partition coefficient (Wildman–Crippen LogP) is 3.56. The van der Waals surface area contributed by atoms with E-state index < -0.39 is 47.4 Å². The van der Waals surface area contributed by atoms with Crippen molar-refractivity contribution in [1.82, 2.24) is 15.2 Å². The summed E-state index contributed by atoms with van der Waals surface area (Å²) in [7, 11) is 3.48. The van der Waals surface area contributed by atoms with Crippen LogP contribution in [0, 0.1) is 17.0 Å². The lowest BCUT2D eigenvalue weighted by atomic mass is 9.80. The summed E-state index contributed by atoms with van der Waals surface area (Å²) in [6.07, 6.45) is -3.13. The van der Waals surface area contributed by atoms with Crippen LogP contribution >= 0.6 is 0 Å². The Morgan fingerprint density at radius 3 is 2.37 bits per heavy atom. The SMILES string of the molecule is CN(C)C(CNC(=O)CC(c1ccncc1F)C1(C(F)(F)F)CC1)Cc1ccc(C(N)=O)c(F)c1. The first-order valence-corrected chi connectivity index (χ1v) is 11.0. The zero-order valence-corrected chi connectivity index (χ0v) is 19.3.